The third-order valence-electron chi connectivity index (χ3n) is 5.05. The summed E-state index contributed by atoms with van der Waals surface area (Å²) in [4.78, 5) is 21.3. The molecule has 0 saturated carbocycles. The first-order valence-corrected chi connectivity index (χ1v) is 8.79. The number of anilines is 1. The van der Waals surface area contributed by atoms with E-state index >= 15 is 0 Å². The summed E-state index contributed by atoms with van der Waals surface area (Å²) in [6.45, 7) is 9.90. The van der Waals surface area contributed by atoms with E-state index < -0.39 is 0 Å². The van der Waals surface area contributed by atoms with Crippen molar-refractivity contribution in [1.29, 1.82) is 0 Å². The molecule has 1 atom stereocenters. The van der Waals surface area contributed by atoms with Gasteiger partial charge in [-0.15, -0.1) is 0 Å². The zero-order valence-electron chi connectivity index (χ0n) is 15.6. The SMILES string of the molecule is Cc1ccc(N2CCC(C(=O)N(C)C(CO)C(C)(C)C)CC2)nc1. The predicted molar refractivity (Wildman–Crippen MR) is 97.0 cm³/mol. The molecule has 1 saturated heterocycles. The van der Waals surface area contributed by atoms with E-state index in [9.17, 15) is 9.90 Å². The van der Waals surface area contributed by atoms with Crippen molar-refractivity contribution < 1.29 is 9.90 Å². The lowest BCUT2D eigenvalue weighted by atomic mass is 9.85. The summed E-state index contributed by atoms with van der Waals surface area (Å²) >= 11 is 0. The molecule has 0 aliphatic carbocycles. The molecule has 2 heterocycles. The van der Waals surface area contributed by atoms with Crippen LogP contribution in [0.4, 0.5) is 5.82 Å². The molecular weight excluding hydrogens is 302 g/mol. The van der Waals surface area contributed by atoms with Gasteiger partial charge in [-0.3, -0.25) is 4.79 Å². The Balaban J connectivity index is 1.96. The van der Waals surface area contributed by atoms with E-state index in [0.29, 0.717) is 0 Å². The first-order valence-electron chi connectivity index (χ1n) is 8.79. The largest absolute Gasteiger partial charge is 0.394 e. The Morgan fingerprint density at radius 3 is 2.46 bits per heavy atom. The number of carbonyl (C=O) groups excluding carboxylic acids is 1. The number of hydrogen-bond acceptors (Lipinski definition) is 4. The highest BCUT2D eigenvalue weighted by Gasteiger charge is 2.35. The Kier molecular flexibility index (Phi) is 5.86. The predicted octanol–water partition coefficient (Wildman–Crippen LogP) is 2.47. The number of carbonyl (C=O) groups is 1. The van der Waals surface area contributed by atoms with E-state index in [1.807, 2.05) is 26.2 Å². The van der Waals surface area contributed by atoms with Crippen LogP contribution in [0.25, 0.3) is 0 Å². The van der Waals surface area contributed by atoms with Gasteiger partial charge in [0.2, 0.25) is 5.91 Å². The number of amides is 1. The molecular formula is C19H31N3O2. The summed E-state index contributed by atoms with van der Waals surface area (Å²) < 4.78 is 0. The van der Waals surface area contributed by atoms with Gasteiger partial charge in [0.05, 0.1) is 12.6 Å². The third kappa shape index (κ3) is 4.26. The van der Waals surface area contributed by atoms with E-state index in [2.05, 4.69) is 36.7 Å². The molecule has 1 fully saturated rings. The first kappa shape index (κ1) is 18.7. The summed E-state index contributed by atoms with van der Waals surface area (Å²) in [5, 5.41) is 9.68. The monoisotopic (exact) mass is 333 g/mol. The number of rotatable bonds is 4. The van der Waals surface area contributed by atoms with Crippen LogP contribution >= 0.6 is 0 Å². The normalized spacial score (nSPS) is 17.7. The van der Waals surface area contributed by atoms with Crippen LogP contribution in [0.2, 0.25) is 0 Å². The van der Waals surface area contributed by atoms with E-state index in [0.717, 1.165) is 37.3 Å². The third-order valence-corrected chi connectivity index (χ3v) is 5.05. The van der Waals surface area contributed by atoms with Crippen molar-refractivity contribution in [3.8, 4) is 0 Å². The fraction of sp³-hybridized carbons (Fsp3) is 0.684. The van der Waals surface area contributed by atoms with Crippen LogP contribution in [0.1, 0.15) is 39.2 Å². The molecule has 1 unspecified atom stereocenters. The minimum atomic E-state index is -0.151. The molecule has 1 aromatic rings. The average molecular weight is 333 g/mol. The highest BCUT2D eigenvalue weighted by Crippen LogP contribution is 2.28. The molecule has 0 aromatic carbocycles. The van der Waals surface area contributed by atoms with E-state index in [1.165, 1.54) is 0 Å². The lowest BCUT2D eigenvalue weighted by molar-refractivity contribution is -0.140. The summed E-state index contributed by atoms with van der Waals surface area (Å²) in [7, 11) is 1.82. The molecule has 0 bridgehead atoms. The maximum absolute atomic E-state index is 12.8. The second-order valence-corrected chi connectivity index (χ2v) is 7.97. The van der Waals surface area contributed by atoms with Crippen LogP contribution in [-0.2, 0) is 4.79 Å². The fourth-order valence-corrected chi connectivity index (χ4v) is 3.42. The second-order valence-electron chi connectivity index (χ2n) is 7.97. The van der Waals surface area contributed by atoms with Gasteiger partial charge in [0, 0.05) is 32.3 Å². The number of aromatic nitrogens is 1. The van der Waals surface area contributed by atoms with Crippen molar-refractivity contribution in [2.75, 3.05) is 31.6 Å². The smallest absolute Gasteiger partial charge is 0.225 e. The number of pyridine rings is 1. The van der Waals surface area contributed by atoms with Gasteiger partial charge in [0.25, 0.3) is 0 Å². The fourth-order valence-electron chi connectivity index (χ4n) is 3.42. The molecule has 2 rings (SSSR count). The van der Waals surface area contributed by atoms with Gasteiger partial charge in [-0.1, -0.05) is 26.8 Å². The summed E-state index contributed by atoms with van der Waals surface area (Å²) in [6.07, 6.45) is 3.55. The zero-order valence-corrected chi connectivity index (χ0v) is 15.6. The van der Waals surface area contributed by atoms with E-state index in [1.54, 1.807) is 4.90 Å². The molecule has 24 heavy (non-hydrogen) atoms. The van der Waals surface area contributed by atoms with Gasteiger partial charge in [-0.2, -0.15) is 0 Å². The van der Waals surface area contributed by atoms with Crippen molar-refractivity contribution in [2.45, 2.75) is 46.6 Å². The summed E-state index contributed by atoms with van der Waals surface area (Å²) in [6, 6.07) is 3.97. The van der Waals surface area contributed by atoms with Crippen LogP contribution in [0.3, 0.4) is 0 Å². The molecule has 1 N–H and O–H groups in total. The van der Waals surface area contributed by atoms with Crippen molar-refractivity contribution in [3.63, 3.8) is 0 Å². The van der Waals surface area contributed by atoms with Gasteiger partial charge in [0.1, 0.15) is 5.82 Å². The number of aryl methyl sites for hydroxylation is 1. The quantitative estimate of drug-likeness (QED) is 0.920. The van der Waals surface area contributed by atoms with Crippen molar-refractivity contribution in [2.24, 2.45) is 11.3 Å². The Bertz CT molecular complexity index is 543. The number of aliphatic hydroxyl groups excluding tert-OH is 1. The van der Waals surface area contributed by atoms with Crippen molar-refractivity contribution in [1.82, 2.24) is 9.88 Å². The van der Waals surface area contributed by atoms with Crippen LogP contribution in [0.15, 0.2) is 18.3 Å². The van der Waals surface area contributed by atoms with Gasteiger partial charge in [-0.25, -0.2) is 4.98 Å². The van der Waals surface area contributed by atoms with Crippen LogP contribution < -0.4 is 4.90 Å². The molecule has 1 aromatic heterocycles. The van der Waals surface area contributed by atoms with E-state index in [-0.39, 0.29) is 29.9 Å². The average Bonchev–Trinajstić information content (AvgIpc) is 2.54. The van der Waals surface area contributed by atoms with Crippen LogP contribution in [0.5, 0.6) is 0 Å². The molecule has 1 aliphatic rings. The highest BCUT2D eigenvalue weighted by atomic mass is 16.3. The Morgan fingerprint density at radius 2 is 2.00 bits per heavy atom. The molecule has 5 nitrogen and oxygen atoms in total. The van der Waals surface area contributed by atoms with E-state index in [4.69, 9.17) is 0 Å². The van der Waals surface area contributed by atoms with Gasteiger partial charge < -0.3 is 14.9 Å². The molecule has 1 aliphatic heterocycles. The van der Waals surface area contributed by atoms with Crippen LogP contribution in [0, 0.1) is 18.3 Å². The molecule has 0 spiro atoms. The number of nitrogens with zero attached hydrogens (tertiary/aromatic N) is 3. The number of aliphatic hydroxyl groups is 1. The number of likely N-dealkylation sites (N-methyl/N-ethyl adjacent to an activating group) is 1. The van der Waals surface area contributed by atoms with Crippen molar-refractivity contribution >= 4 is 11.7 Å². The lowest BCUT2D eigenvalue weighted by Crippen LogP contribution is -2.50. The summed E-state index contributed by atoms with van der Waals surface area (Å²) in [5.41, 5.74) is 1.02. The number of hydrogen-bond donors (Lipinski definition) is 1. The highest BCUT2D eigenvalue weighted by molar-refractivity contribution is 5.79. The Labute approximate surface area is 145 Å². The zero-order chi connectivity index (χ0) is 17.9. The minimum Gasteiger partial charge on any atom is -0.394 e. The maximum Gasteiger partial charge on any atom is 0.225 e. The molecule has 134 valence electrons. The number of piperidine rings is 1. The second kappa shape index (κ2) is 7.51. The Morgan fingerprint density at radius 1 is 1.38 bits per heavy atom. The van der Waals surface area contributed by atoms with Gasteiger partial charge in [-0.05, 0) is 36.8 Å². The summed E-state index contributed by atoms with van der Waals surface area (Å²) in [5.74, 6) is 1.18. The first-order chi connectivity index (χ1) is 11.2. The molecule has 1 amide bonds. The molecule has 0 radical (unpaired) electrons. The van der Waals surface area contributed by atoms with Crippen molar-refractivity contribution in [3.05, 3.63) is 23.9 Å². The topological polar surface area (TPSA) is 56.7 Å². The van der Waals surface area contributed by atoms with Gasteiger partial charge in [0.15, 0.2) is 0 Å². The Hall–Kier alpha value is -1.62. The van der Waals surface area contributed by atoms with Gasteiger partial charge >= 0.3 is 0 Å². The maximum atomic E-state index is 12.8. The lowest BCUT2D eigenvalue weighted by Gasteiger charge is -2.40. The standard InChI is InChI=1S/C19H31N3O2/c1-14-6-7-17(20-12-14)22-10-8-15(9-11-22)18(24)21(5)16(13-23)19(2,3)4/h6-7,12,15-16,23H,8-11,13H2,1-5H3. The molecule has 5 heteroatoms. The minimum absolute atomic E-state index is 0.00211. The van der Waals surface area contributed by atoms with Crippen LogP contribution in [-0.4, -0.2) is 53.7 Å².